The van der Waals surface area contributed by atoms with Gasteiger partial charge in [0.2, 0.25) is 0 Å². The van der Waals surface area contributed by atoms with Gasteiger partial charge in [-0.3, -0.25) is 0 Å². The molecule has 0 aliphatic heterocycles. The first-order valence-electron chi connectivity index (χ1n) is 4.10. The summed E-state index contributed by atoms with van der Waals surface area (Å²) in [6, 6.07) is 0. The van der Waals surface area contributed by atoms with Gasteiger partial charge in [-0.1, -0.05) is 27.7 Å². The van der Waals surface area contributed by atoms with Gasteiger partial charge in [-0.05, 0) is 18.3 Å². The van der Waals surface area contributed by atoms with Crippen molar-refractivity contribution in [3.8, 4) is 0 Å². The zero-order valence-electron chi connectivity index (χ0n) is 7.85. The van der Waals surface area contributed by atoms with Crippen molar-refractivity contribution in [1.29, 1.82) is 0 Å². The topological polar surface area (TPSA) is 9.23 Å². The van der Waals surface area contributed by atoms with Crippen molar-refractivity contribution in [3.05, 3.63) is 0 Å². The average Bonchev–Trinajstić information content (AvgIpc) is 1.81. The number of hydrogen-bond donors (Lipinski definition) is 0. The second kappa shape index (κ2) is 4.73. The van der Waals surface area contributed by atoms with Crippen molar-refractivity contribution >= 4 is 0 Å². The van der Waals surface area contributed by atoms with Gasteiger partial charge in [0.25, 0.3) is 0 Å². The summed E-state index contributed by atoms with van der Waals surface area (Å²) in [5, 5.41) is 0. The van der Waals surface area contributed by atoms with Crippen molar-refractivity contribution in [3.63, 3.8) is 0 Å². The first-order chi connectivity index (χ1) is 4.57. The minimum Gasteiger partial charge on any atom is -0.381 e. The summed E-state index contributed by atoms with van der Waals surface area (Å²) in [4.78, 5) is 0. The van der Waals surface area contributed by atoms with E-state index >= 15 is 0 Å². The maximum absolute atomic E-state index is 5.32. The molecule has 0 amide bonds. The molecule has 0 heterocycles. The zero-order valence-corrected chi connectivity index (χ0v) is 7.85. The highest BCUT2D eigenvalue weighted by atomic mass is 16.5. The molecule has 0 spiro atoms. The molecule has 62 valence electrons. The van der Waals surface area contributed by atoms with Gasteiger partial charge >= 0.3 is 0 Å². The molecule has 0 radical (unpaired) electrons. The summed E-state index contributed by atoms with van der Waals surface area (Å²) in [6.45, 7) is 8.87. The molecule has 0 saturated heterocycles. The number of hydrogen-bond acceptors (Lipinski definition) is 1. The van der Waals surface area contributed by atoms with Crippen LogP contribution in [0.4, 0.5) is 0 Å². The summed E-state index contributed by atoms with van der Waals surface area (Å²) in [5.74, 6) is 1.39. The summed E-state index contributed by atoms with van der Waals surface area (Å²) in [7, 11) is 1.80. The zero-order chi connectivity index (χ0) is 8.15. The van der Waals surface area contributed by atoms with Crippen LogP contribution in [-0.2, 0) is 4.74 Å². The Morgan fingerprint density at radius 3 is 1.70 bits per heavy atom. The highest BCUT2D eigenvalue weighted by Crippen LogP contribution is 2.14. The van der Waals surface area contributed by atoms with Crippen LogP contribution in [0.2, 0.25) is 0 Å². The molecule has 1 nitrogen and oxygen atoms in total. The average molecular weight is 144 g/mol. The molecule has 0 saturated carbocycles. The lowest BCUT2D eigenvalue weighted by Gasteiger charge is -2.20. The van der Waals surface area contributed by atoms with Crippen molar-refractivity contribution in [2.75, 3.05) is 7.11 Å². The van der Waals surface area contributed by atoms with E-state index in [1.165, 1.54) is 6.42 Å². The molecule has 0 unspecified atom stereocenters. The van der Waals surface area contributed by atoms with Crippen LogP contribution < -0.4 is 0 Å². The van der Waals surface area contributed by atoms with Crippen LogP contribution in [0.25, 0.3) is 0 Å². The van der Waals surface area contributed by atoms with E-state index in [2.05, 4.69) is 27.7 Å². The van der Waals surface area contributed by atoms with Gasteiger partial charge in [0.05, 0.1) is 6.10 Å². The molecule has 0 rings (SSSR count). The van der Waals surface area contributed by atoms with Gasteiger partial charge in [-0.2, -0.15) is 0 Å². The third kappa shape index (κ3) is 3.89. The van der Waals surface area contributed by atoms with Crippen LogP contribution in [0.3, 0.4) is 0 Å². The fourth-order valence-electron chi connectivity index (χ4n) is 1.11. The van der Waals surface area contributed by atoms with E-state index in [1.807, 2.05) is 0 Å². The maximum Gasteiger partial charge on any atom is 0.0596 e. The van der Waals surface area contributed by atoms with Gasteiger partial charge < -0.3 is 4.74 Å². The molecule has 1 atom stereocenters. The molecule has 0 aromatic heterocycles. The van der Waals surface area contributed by atoms with Crippen molar-refractivity contribution in [1.82, 2.24) is 0 Å². The fraction of sp³-hybridized carbons (Fsp3) is 1.00. The second-order valence-electron chi connectivity index (χ2n) is 3.65. The Morgan fingerprint density at radius 1 is 1.10 bits per heavy atom. The molecule has 0 fully saturated rings. The minimum atomic E-state index is 0.444. The van der Waals surface area contributed by atoms with Crippen LogP contribution in [-0.4, -0.2) is 13.2 Å². The van der Waals surface area contributed by atoms with Gasteiger partial charge in [-0.25, -0.2) is 0 Å². The summed E-state index contributed by atoms with van der Waals surface area (Å²) >= 11 is 0. The highest BCUT2D eigenvalue weighted by Gasteiger charge is 2.12. The van der Waals surface area contributed by atoms with Crippen molar-refractivity contribution in [2.24, 2.45) is 11.8 Å². The van der Waals surface area contributed by atoms with E-state index in [-0.39, 0.29) is 0 Å². The lowest BCUT2D eigenvalue weighted by Crippen LogP contribution is -2.19. The predicted molar refractivity (Wildman–Crippen MR) is 45.1 cm³/mol. The first kappa shape index (κ1) is 9.96. The van der Waals surface area contributed by atoms with Gasteiger partial charge in [0.1, 0.15) is 0 Å². The Balaban J connectivity index is 3.60. The van der Waals surface area contributed by atoms with Gasteiger partial charge in [0.15, 0.2) is 0 Å². The van der Waals surface area contributed by atoms with E-state index in [9.17, 15) is 0 Å². The van der Waals surface area contributed by atoms with Crippen molar-refractivity contribution < 1.29 is 4.74 Å². The summed E-state index contributed by atoms with van der Waals surface area (Å²) < 4.78 is 5.32. The van der Waals surface area contributed by atoms with Gasteiger partial charge in [-0.15, -0.1) is 0 Å². The van der Waals surface area contributed by atoms with Crippen LogP contribution in [0.15, 0.2) is 0 Å². The number of rotatable bonds is 4. The monoisotopic (exact) mass is 144 g/mol. The largest absolute Gasteiger partial charge is 0.381 e. The number of ether oxygens (including phenoxy) is 1. The summed E-state index contributed by atoms with van der Waals surface area (Å²) in [6.07, 6.45) is 1.62. The van der Waals surface area contributed by atoms with E-state index in [1.54, 1.807) is 7.11 Å². The number of methoxy groups -OCH3 is 1. The Bertz CT molecular complexity index is 76.8. The fourth-order valence-corrected chi connectivity index (χ4v) is 1.11. The summed E-state index contributed by atoms with van der Waals surface area (Å²) in [5.41, 5.74) is 0. The molecule has 0 bridgehead atoms. The van der Waals surface area contributed by atoms with Gasteiger partial charge in [0, 0.05) is 7.11 Å². The Morgan fingerprint density at radius 2 is 1.60 bits per heavy atom. The quantitative estimate of drug-likeness (QED) is 0.589. The van der Waals surface area contributed by atoms with E-state index in [0.29, 0.717) is 12.0 Å². The van der Waals surface area contributed by atoms with Crippen molar-refractivity contribution in [2.45, 2.75) is 40.2 Å². The Kier molecular flexibility index (Phi) is 4.71. The minimum absolute atomic E-state index is 0.444. The lowest BCUT2D eigenvalue weighted by atomic mass is 9.97. The molecule has 1 heteroatoms. The maximum atomic E-state index is 5.32. The molecule has 0 aromatic rings. The van der Waals surface area contributed by atoms with E-state index in [0.717, 1.165) is 5.92 Å². The Labute approximate surface area is 64.8 Å². The molecule has 0 N–H and O–H groups in total. The van der Waals surface area contributed by atoms with E-state index < -0.39 is 0 Å². The standard InChI is InChI=1S/C9H20O/c1-7(2)6-9(10-5)8(3)4/h7-9H,6H2,1-5H3/t9-/m1/s1. The second-order valence-corrected chi connectivity index (χ2v) is 3.65. The smallest absolute Gasteiger partial charge is 0.0596 e. The molecule has 0 aromatic carbocycles. The van der Waals surface area contributed by atoms with E-state index in [4.69, 9.17) is 4.74 Å². The normalized spacial score (nSPS) is 14.7. The SMILES string of the molecule is CO[C@H](CC(C)C)C(C)C. The molecular formula is C9H20O. The molecule has 10 heavy (non-hydrogen) atoms. The lowest BCUT2D eigenvalue weighted by molar-refractivity contribution is 0.0484. The highest BCUT2D eigenvalue weighted by molar-refractivity contribution is 4.63. The molecule has 0 aliphatic rings. The molecule has 0 aliphatic carbocycles. The predicted octanol–water partition coefficient (Wildman–Crippen LogP) is 2.70. The van der Waals surface area contributed by atoms with Crippen LogP contribution in [0.1, 0.15) is 34.1 Å². The van der Waals surface area contributed by atoms with Crippen LogP contribution in [0, 0.1) is 11.8 Å². The van der Waals surface area contributed by atoms with Crippen LogP contribution >= 0.6 is 0 Å². The molecular weight excluding hydrogens is 124 g/mol. The third-order valence-corrected chi connectivity index (χ3v) is 1.75. The first-order valence-corrected chi connectivity index (χ1v) is 4.10. The van der Waals surface area contributed by atoms with Crippen LogP contribution in [0.5, 0.6) is 0 Å². The third-order valence-electron chi connectivity index (χ3n) is 1.75. The Hall–Kier alpha value is -0.0400.